The third-order valence-corrected chi connectivity index (χ3v) is 3.22. The highest BCUT2D eigenvalue weighted by atomic mass is 19.1. The third-order valence-electron chi connectivity index (χ3n) is 3.22. The molecule has 1 aliphatic heterocycles. The molecule has 0 aliphatic carbocycles. The van der Waals surface area contributed by atoms with E-state index < -0.39 is 11.6 Å². The summed E-state index contributed by atoms with van der Waals surface area (Å²) in [6.07, 6.45) is 2.33. The van der Waals surface area contributed by atoms with Crippen LogP contribution in [0, 0.1) is 17.6 Å². The molecule has 1 aliphatic rings. The van der Waals surface area contributed by atoms with E-state index in [1.165, 1.54) is 25.0 Å². The third kappa shape index (κ3) is 3.75. The van der Waals surface area contributed by atoms with Gasteiger partial charge in [-0.2, -0.15) is 0 Å². The molecular formula is C13H18F2N2. The van der Waals surface area contributed by atoms with Crippen molar-refractivity contribution in [3.05, 3.63) is 35.4 Å². The van der Waals surface area contributed by atoms with Crippen LogP contribution in [0.3, 0.4) is 0 Å². The zero-order valence-electron chi connectivity index (χ0n) is 9.81. The molecule has 0 saturated carbocycles. The van der Waals surface area contributed by atoms with Crippen LogP contribution in [0.2, 0.25) is 0 Å². The smallest absolute Gasteiger partial charge is 0.130 e. The molecule has 0 aromatic heterocycles. The average Bonchev–Trinajstić information content (AvgIpc) is 2.33. The molecule has 0 atom stereocenters. The molecule has 2 N–H and O–H groups in total. The number of nitrogens with one attached hydrogen (secondary N) is 2. The van der Waals surface area contributed by atoms with E-state index in [9.17, 15) is 8.78 Å². The zero-order chi connectivity index (χ0) is 12.1. The van der Waals surface area contributed by atoms with E-state index in [1.54, 1.807) is 0 Å². The van der Waals surface area contributed by atoms with Crippen molar-refractivity contribution in [3.8, 4) is 0 Å². The first-order valence-electron chi connectivity index (χ1n) is 6.11. The fourth-order valence-electron chi connectivity index (χ4n) is 2.16. The summed E-state index contributed by atoms with van der Waals surface area (Å²) >= 11 is 0. The van der Waals surface area contributed by atoms with E-state index in [2.05, 4.69) is 10.6 Å². The average molecular weight is 240 g/mol. The van der Waals surface area contributed by atoms with Crippen LogP contribution in [0.1, 0.15) is 18.4 Å². The van der Waals surface area contributed by atoms with Crippen LogP contribution in [0.4, 0.5) is 8.78 Å². The summed E-state index contributed by atoms with van der Waals surface area (Å²) < 4.78 is 26.0. The van der Waals surface area contributed by atoms with Crippen LogP contribution < -0.4 is 10.6 Å². The van der Waals surface area contributed by atoms with Crippen molar-refractivity contribution in [2.45, 2.75) is 19.4 Å². The Labute approximate surface area is 100 Å². The van der Waals surface area contributed by atoms with Gasteiger partial charge in [0.05, 0.1) is 0 Å². The van der Waals surface area contributed by atoms with Crippen LogP contribution in [0.25, 0.3) is 0 Å². The summed E-state index contributed by atoms with van der Waals surface area (Å²) in [6.45, 7) is 3.50. The lowest BCUT2D eigenvalue weighted by atomic mass is 9.98. The van der Waals surface area contributed by atoms with Crippen molar-refractivity contribution in [2.75, 3.05) is 19.6 Å². The Kier molecular flexibility index (Phi) is 4.45. The topological polar surface area (TPSA) is 24.1 Å². The molecule has 1 fully saturated rings. The standard InChI is InChI=1S/C13H18F2N2/c14-12-2-1-11(13(15)7-12)9-17-8-10-3-5-16-6-4-10/h1-2,7,10,16-17H,3-6,8-9H2. The maximum absolute atomic E-state index is 13.3. The monoisotopic (exact) mass is 240 g/mol. The normalized spacial score (nSPS) is 17.3. The number of benzene rings is 1. The van der Waals surface area contributed by atoms with E-state index in [0.717, 1.165) is 25.7 Å². The molecule has 1 aromatic rings. The maximum atomic E-state index is 13.3. The number of piperidine rings is 1. The Balaban J connectivity index is 1.77. The van der Waals surface area contributed by atoms with Gasteiger partial charge in [0, 0.05) is 18.2 Å². The van der Waals surface area contributed by atoms with Gasteiger partial charge in [-0.25, -0.2) is 8.78 Å². The summed E-state index contributed by atoms with van der Waals surface area (Å²) in [6, 6.07) is 3.73. The van der Waals surface area contributed by atoms with E-state index in [-0.39, 0.29) is 0 Å². The minimum Gasteiger partial charge on any atom is -0.317 e. The first-order chi connectivity index (χ1) is 8.25. The fraction of sp³-hybridized carbons (Fsp3) is 0.538. The van der Waals surface area contributed by atoms with Gasteiger partial charge in [-0.1, -0.05) is 6.07 Å². The van der Waals surface area contributed by atoms with Crippen molar-refractivity contribution in [2.24, 2.45) is 5.92 Å². The van der Waals surface area contributed by atoms with Gasteiger partial charge in [0.2, 0.25) is 0 Å². The van der Waals surface area contributed by atoms with Crippen LogP contribution >= 0.6 is 0 Å². The molecule has 17 heavy (non-hydrogen) atoms. The van der Waals surface area contributed by atoms with Gasteiger partial charge < -0.3 is 10.6 Å². The highest BCUT2D eigenvalue weighted by molar-refractivity contribution is 5.18. The second kappa shape index (κ2) is 6.07. The van der Waals surface area contributed by atoms with Gasteiger partial charge >= 0.3 is 0 Å². The predicted molar refractivity (Wildman–Crippen MR) is 63.7 cm³/mol. The summed E-state index contributed by atoms with van der Waals surface area (Å²) in [5.41, 5.74) is 0.528. The summed E-state index contributed by atoms with van der Waals surface area (Å²) in [5, 5.41) is 6.55. The lowest BCUT2D eigenvalue weighted by molar-refractivity contribution is 0.355. The molecule has 2 nitrogen and oxygen atoms in total. The zero-order valence-corrected chi connectivity index (χ0v) is 9.81. The first kappa shape index (κ1) is 12.5. The van der Waals surface area contributed by atoms with E-state index in [0.29, 0.717) is 18.0 Å². The molecule has 1 saturated heterocycles. The fourth-order valence-corrected chi connectivity index (χ4v) is 2.16. The van der Waals surface area contributed by atoms with E-state index in [1.807, 2.05) is 0 Å². The molecule has 1 heterocycles. The minimum absolute atomic E-state index is 0.468. The van der Waals surface area contributed by atoms with Crippen molar-refractivity contribution in [1.29, 1.82) is 0 Å². The minimum atomic E-state index is -0.524. The molecule has 2 rings (SSSR count). The predicted octanol–water partition coefficient (Wildman–Crippen LogP) is 2.05. The molecule has 0 spiro atoms. The summed E-state index contributed by atoms with van der Waals surface area (Å²) in [4.78, 5) is 0. The number of hydrogen-bond donors (Lipinski definition) is 2. The lowest BCUT2D eigenvalue weighted by Crippen LogP contribution is -2.33. The van der Waals surface area contributed by atoms with Crippen LogP contribution in [0.15, 0.2) is 18.2 Å². The Hall–Kier alpha value is -1.00. The van der Waals surface area contributed by atoms with E-state index in [4.69, 9.17) is 0 Å². The van der Waals surface area contributed by atoms with Crippen LogP contribution in [-0.4, -0.2) is 19.6 Å². The van der Waals surface area contributed by atoms with Crippen LogP contribution in [-0.2, 0) is 6.54 Å². The highest BCUT2D eigenvalue weighted by Crippen LogP contribution is 2.12. The molecule has 0 radical (unpaired) electrons. The Bertz CT molecular complexity index is 362. The highest BCUT2D eigenvalue weighted by Gasteiger charge is 2.12. The van der Waals surface area contributed by atoms with Gasteiger partial charge in [0.1, 0.15) is 11.6 Å². The second-order valence-corrected chi connectivity index (χ2v) is 4.56. The molecule has 0 amide bonds. The number of halogens is 2. The Morgan fingerprint density at radius 1 is 1.24 bits per heavy atom. The summed E-state index contributed by atoms with van der Waals surface area (Å²) in [5.74, 6) is -0.327. The van der Waals surface area contributed by atoms with Crippen molar-refractivity contribution in [1.82, 2.24) is 10.6 Å². The first-order valence-corrected chi connectivity index (χ1v) is 6.11. The molecule has 1 aromatic carbocycles. The lowest BCUT2D eigenvalue weighted by Gasteiger charge is -2.22. The Morgan fingerprint density at radius 2 is 2.00 bits per heavy atom. The van der Waals surface area contributed by atoms with Gasteiger partial charge in [-0.3, -0.25) is 0 Å². The maximum Gasteiger partial charge on any atom is 0.130 e. The van der Waals surface area contributed by atoms with Gasteiger partial charge in [0.15, 0.2) is 0 Å². The number of rotatable bonds is 4. The largest absolute Gasteiger partial charge is 0.317 e. The van der Waals surface area contributed by atoms with Crippen molar-refractivity contribution < 1.29 is 8.78 Å². The van der Waals surface area contributed by atoms with Gasteiger partial charge in [0.25, 0.3) is 0 Å². The Morgan fingerprint density at radius 3 is 2.71 bits per heavy atom. The summed E-state index contributed by atoms with van der Waals surface area (Å²) in [7, 11) is 0. The van der Waals surface area contributed by atoms with Crippen LogP contribution in [0.5, 0.6) is 0 Å². The SMILES string of the molecule is Fc1ccc(CNCC2CCNCC2)c(F)c1. The second-order valence-electron chi connectivity index (χ2n) is 4.56. The van der Waals surface area contributed by atoms with Gasteiger partial charge in [-0.15, -0.1) is 0 Å². The van der Waals surface area contributed by atoms with Crippen molar-refractivity contribution in [3.63, 3.8) is 0 Å². The molecular weight excluding hydrogens is 222 g/mol. The quantitative estimate of drug-likeness (QED) is 0.841. The molecule has 0 bridgehead atoms. The molecule has 4 heteroatoms. The molecule has 0 unspecified atom stereocenters. The van der Waals surface area contributed by atoms with Gasteiger partial charge in [-0.05, 0) is 44.5 Å². The van der Waals surface area contributed by atoms with Crippen molar-refractivity contribution >= 4 is 0 Å². The van der Waals surface area contributed by atoms with E-state index >= 15 is 0 Å². The molecule has 94 valence electrons. The number of hydrogen-bond acceptors (Lipinski definition) is 2.